The van der Waals surface area contributed by atoms with Crippen LogP contribution in [-0.2, 0) is 0 Å². The van der Waals surface area contributed by atoms with Crippen molar-refractivity contribution < 1.29 is 18.0 Å². The molecule has 0 spiro atoms. The van der Waals surface area contributed by atoms with Crippen molar-refractivity contribution in [2.45, 2.75) is 25.3 Å². The van der Waals surface area contributed by atoms with Crippen LogP contribution in [0.25, 0.3) is 0 Å². The summed E-state index contributed by atoms with van der Waals surface area (Å²) in [5.74, 6) is -4.62. The predicted octanol–water partition coefficient (Wildman–Crippen LogP) is 2.41. The molecule has 21 heavy (non-hydrogen) atoms. The van der Waals surface area contributed by atoms with Gasteiger partial charge in [-0.15, -0.1) is 0 Å². The molecule has 0 saturated carbocycles. The minimum atomic E-state index is -1.54. The third-order valence-electron chi connectivity index (χ3n) is 4.36. The molecule has 114 valence electrons. The summed E-state index contributed by atoms with van der Waals surface area (Å²) in [7, 11) is 0. The van der Waals surface area contributed by atoms with Crippen LogP contribution in [0.2, 0.25) is 0 Å². The molecule has 0 radical (unpaired) electrons. The van der Waals surface area contributed by atoms with Crippen molar-refractivity contribution in [2.75, 3.05) is 26.2 Å². The summed E-state index contributed by atoms with van der Waals surface area (Å²) in [6.45, 7) is 2.93. The summed E-state index contributed by atoms with van der Waals surface area (Å²) >= 11 is 0. The van der Waals surface area contributed by atoms with Crippen LogP contribution in [0.5, 0.6) is 0 Å². The lowest BCUT2D eigenvalue weighted by Crippen LogP contribution is -2.56. The SMILES string of the molecule is O=C(c1cc(F)c(F)c(F)c1)N1CCN2CCCCC2C1. The third-order valence-corrected chi connectivity index (χ3v) is 4.36. The molecule has 1 unspecified atom stereocenters. The maximum atomic E-state index is 13.2. The lowest BCUT2D eigenvalue weighted by Gasteiger charge is -2.44. The molecule has 3 rings (SSSR count). The zero-order valence-corrected chi connectivity index (χ0v) is 11.6. The number of halogens is 3. The smallest absolute Gasteiger partial charge is 0.254 e. The molecular weight excluding hydrogens is 281 g/mol. The van der Waals surface area contributed by atoms with Gasteiger partial charge in [-0.2, -0.15) is 0 Å². The number of amides is 1. The predicted molar refractivity (Wildman–Crippen MR) is 71.4 cm³/mol. The lowest BCUT2D eigenvalue weighted by molar-refractivity contribution is 0.0371. The van der Waals surface area contributed by atoms with Crippen molar-refractivity contribution in [3.05, 3.63) is 35.1 Å². The zero-order chi connectivity index (χ0) is 15.0. The van der Waals surface area contributed by atoms with Gasteiger partial charge in [0.1, 0.15) is 0 Å². The average molecular weight is 298 g/mol. The monoisotopic (exact) mass is 298 g/mol. The molecule has 0 N–H and O–H groups in total. The zero-order valence-electron chi connectivity index (χ0n) is 11.6. The molecule has 2 aliphatic rings. The van der Waals surface area contributed by atoms with E-state index in [-0.39, 0.29) is 5.56 Å². The number of benzene rings is 1. The number of piperazine rings is 1. The average Bonchev–Trinajstić information content (AvgIpc) is 2.51. The van der Waals surface area contributed by atoms with Gasteiger partial charge >= 0.3 is 0 Å². The van der Waals surface area contributed by atoms with Crippen molar-refractivity contribution in [3.8, 4) is 0 Å². The largest absolute Gasteiger partial charge is 0.336 e. The van der Waals surface area contributed by atoms with Crippen molar-refractivity contribution >= 4 is 5.91 Å². The number of hydrogen-bond donors (Lipinski definition) is 0. The number of piperidine rings is 1. The van der Waals surface area contributed by atoms with Gasteiger partial charge in [0.05, 0.1) is 0 Å². The van der Waals surface area contributed by atoms with Crippen LogP contribution in [-0.4, -0.2) is 47.9 Å². The maximum absolute atomic E-state index is 13.2. The van der Waals surface area contributed by atoms with Gasteiger partial charge in [-0.05, 0) is 31.5 Å². The van der Waals surface area contributed by atoms with Crippen molar-refractivity contribution in [1.29, 1.82) is 0 Å². The van der Waals surface area contributed by atoms with Gasteiger partial charge in [0, 0.05) is 31.2 Å². The fourth-order valence-electron chi connectivity index (χ4n) is 3.20. The van der Waals surface area contributed by atoms with E-state index in [1.54, 1.807) is 4.90 Å². The van der Waals surface area contributed by atoms with Crippen molar-refractivity contribution in [1.82, 2.24) is 9.80 Å². The lowest BCUT2D eigenvalue weighted by atomic mass is 9.99. The first kappa shape index (κ1) is 14.4. The fourth-order valence-corrected chi connectivity index (χ4v) is 3.20. The van der Waals surface area contributed by atoms with E-state index in [0.717, 1.165) is 38.1 Å². The highest BCUT2D eigenvalue weighted by molar-refractivity contribution is 5.94. The molecular formula is C15H17F3N2O. The Balaban J connectivity index is 1.76. The molecule has 0 aliphatic carbocycles. The van der Waals surface area contributed by atoms with Crippen LogP contribution in [0.3, 0.4) is 0 Å². The van der Waals surface area contributed by atoms with Crippen LogP contribution in [0.15, 0.2) is 12.1 Å². The Morgan fingerprint density at radius 2 is 1.76 bits per heavy atom. The Morgan fingerprint density at radius 1 is 1.05 bits per heavy atom. The van der Waals surface area contributed by atoms with E-state index in [1.807, 2.05) is 0 Å². The fraction of sp³-hybridized carbons (Fsp3) is 0.533. The summed E-state index contributed by atoms with van der Waals surface area (Å²) in [4.78, 5) is 16.3. The first-order valence-electron chi connectivity index (χ1n) is 7.24. The van der Waals surface area contributed by atoms with Crippen LogP contribution < -0.4 is 0 Å². The highest BCUT2D eigenvalue weighted by Gasteiger charge is 2.31. The Morgan fingerprint density at radius 3 is 2.48 bits per heavy atom. The highest BCUT2D eigenvalue weighted by Crippen LogP contribution is 2.23. The second-order valence-electron chi connectivity index (χ2n) is 5.69. The first-order valence-corrected chi connectivity index (χ1v) is 7.24. The van der Waals surface area contributed by atoms with E-state index in [1.165, 1.54) is 6.42 Å². The molecule has 1 aromatic rings. The number of carbonyl (C=O) groups excluding carboxylic acids is 1. The standard InChI is InChI=1S/C15H17F3N2O/c16-12-7-10(8-13(17)14(12)18)15(21)20-6-5-19-4-2-1-3-11(19)9-20/h7-8,11H,1-6,9H2. The summed E-state index contributed by atoms with van der Waals surface area (Å²) in [6, 6.07) is 1.87. The van der Waals surface area contributed by atoms with Gasteiger partial charge in [-0.3, -0.25) is 9.69 Å². The Bertz CT molecular complexity index is 541. The van der Waals surface area contributed by atoms with Crippen LogP contribution in [0, 0.1) is 17.5 Å². The van der Waals surface area contributed by atoms with Crippen molar-refractivity contribution in [2.24, 2.45) is 0 Å². The molecule has 0 aromatic heterocycles. The second kappa shape index (κ2) is 5.67. The van der Waals surface area contributed by atoms with Gasteiger partial charge in [-0.25, -0.2) is 13.2 Å². The Labute approximate surface area is 121 Å². The minimum absolute atomic E-state index is 0.129. The molecule has 6 heteroatoms. The maximum Gasteiger partial charge on any atom is 0.254 e. The van der Waals surface area contributed by atoms with Gasteiger partial charge < -0.3 is 4.90 Å². The molecule has 2 heterocycles. The van der Waals surface area contributed by atoms with E-state index >= 15 is 0 Å². The van der Waals surface area contributed by atoms with Crippen molar-refractivity contribution in [3.63, 3.8) is 0 Å². The van der Waals surface area contributed by atoms with Crippen LogP contribution in [0.4, 0.5) is 13.2 Å². The van der Waals surface area contributed by atoms with Crippen LogP contribution >= 0.6 is 0 Å². The number of rotatable bonds is 1. The molecule has 1 amide bonds. The molecule has 1 atom stereocenters. The Kier molecular flexibility index (Phi) is 3.89. The van der Waals surface area contributed by atoms with Gasteiger partial charge in [0.2, 0.25) is 0 Å². The second-order valence-corrected chi connectivity index (χ2v) is 5.69. The van der Waals surface area contributed by atoms with Gasteiger partial charge in [-0.1, -0.05) is 6.42 Å². The quantitative estimate of drug-likeness (QED) is 0.743. The molecule has 0 bridgehead atoms. The Hall–Kier alpha value is -1.56. The molecule has 2 saturated heterocycles. The summed E-state index contributed by atoms with van der Waals surface area (Å²) in [5.41, 5.74) is -0.129. The molecule has 1 aromatic carbocycles. The van der Waals surface area contributed by atoms with E-state index in [4.69, 9.17) is 0 Å². The van der Waals surface area contributed by atoms with Gasteiger partial charge in [0.25, 0.3) is 5.91 Å². The summed E-state index contributed by atoms with van der Waals surface area (Å²) < 4.78 is 39.4. The number of carbonyl (C=O) groups is 1. The van der Waals surface area contributed by atoms with E-state index in [0.29, 0.717) is 19.1 Å². The van der Waals surface area contributed by atoms with Crippen LogP contribution in [0.1, 0.15) is 29.6 Å². The molecule has 2 fully saturated rings. The summed E-state index contributed by atoms with van der Waals surface area (Å²) in [5, 5.41) is 0. The first-order chi connectivity index (χ1) is 10.1. The normalized spacial score (nSPS) is 23.0. The number of nitrogens with zero attached hydrogens (tertiary/aromatic N) is 2. The van der Waals surface area contributed by atoms with E-state index in [9.17, 15) is 18.0 Å². The van der Waals surface area contributed by atoms with E-state index < -0.39 is 23.4 Å². The number of fused-ring (bicyclic) bond motifs is 1. The van der Waals surface area contributed by atoms with E-state index in [2.05, 4.69) is 4.90 Å². The third kappa shape index (κ3) is 2.77. The number of hydrogen-bond acceptors (Lipinski definition) is 2. The molecule has 3 nitrogen and oxygen atoms in total. The van der Waals surface area contributed by atoms with Gasteiger partial charge in [0.15, 0.2) is 17.5 Å². The molecule has 2 aliphatic heterocycles. The minimum Gasteiger partial charge on any atom is -0.336 e. The highest BCUT2D eigenvalue weighted by atomic mass is 19.2. The topological polar surface area (TPSA) is 23.6 Å². The summed E-state index contributed by atoms with van der Waals surface area (Å²) in [6.07, 6.45) is 3.36.